The SMILES string of the molecule is N#Cc1ncccc1CNCC1Cc2ccccc21. The summed E-state index contributed by atoms with van der Waals surface area (Å²) in [5, 5.41) is 12.4. The Morgan fingerprint density at radius 2 is 2.16 bits per heavy atom. The lowest BCUT2D eigenvalue weighted by Crippen LogP contribution is -2.29. The maximum atomic E-state index is 8.97. The summed E-state index contributed by atoms with van der Waals surface area (Å²) in [6.07, 6.45) is 2.81. The summed E-state index contributed by atoms with van der Waals surface area (Å²) in [6.45, 7) is 1.66. The molecule has 3 rings (SSSR count). The molecule has 1 unspecified atom stereocenters. The van der Waals surface area contributed by atoms with Crippen molar-refractivity contribution in [3.8, 4) is 6.07 Å². The van der Waals surface area contributed by atoms with E-state index in [-0.39, 0.29) is 0 Å². The van der Waals surface area contributed by atoms with Gasteiger partial charge in [0.1, 0.15) is 11.8 Å². The number of benzene rings is 1. The maximum Gasteiger partial charge on any atom is 0.144 e. The van der Waals surface area contributed by atoms with Crippen LogP contribution in [0.25, 0.3) is 0 Å². The Balaban J connectivity index is 1.57. The van der Waals surface area contributed by atoms with Crippen LogP contribution in [0.4, 0.5) is 0 Å². The van der Waals surface area contributed by atoms with Gasteiger partial charge in [0.2, 0.25) is 0 Å². The monoisotopic (exact) mass is 249 g/mol. The molecular weight excluding hydrogens is 234 g/mol. The highest BCUT2D eigenvalue weighted by atomic mass is 14.9. The van der Waals surface area contributed by atoms with E-state index in [1.54, 1.807) is 6.20 Å². The number of hydrogen-bond acceptors (Lipinski definition) is 3. The molecule has 0 saturated heterocycles. The highest BCUT2D eigenvalue weighted by Crippen LogP contribution is 2.33. The van der Waals surface area contributed by atoms with Gasteiger partial charge in [0.25, 0.3) is 0 Å². The number of rotatable bonds is 4. The standard InChI is InChI=1S/C16H15N3/c17-9-16-13(5-3-7-19-16)10-18-11-14-8-12-4-1-2-6-15(12)14/h1-7,14,18H,8,10-11H2. The van der Waals surface area contributed by atoms with Crippen LogP contribution in [-0.2, 0) is 13.0 Å². The molecule has 0 radical (unpaired) electrons. The van der Waals surface area contributed by atoms with Crippen molar-refractivity contribution >= 4 is 0 Å². The van der Waals surface area contributed by atoms with Crippen molar-refractivity contribution in [2.45, 2.75) is 18.9 Å². The van der Waals surface area contributed by atoms with Gasteiger partial charge in [-0.1, -0.05) is 30.3 Å². The van der Waals surface area contributed by atoms with Crippen LogP contribution < -0.4 is 5.32 Å². The predicted octanol–water partition coefficient (Wildman–Crippen LogP) is 2.38. The van der Waals surface area contributed by atoms with Gasteiger partial charge < -0.3 is 5.32 Å². The third-order valence-corrected chi connectivity index (χ3v) is 3.66. The molecule has 1 aromatic heterocycles. The Labute approximate surface area is 112 Å². The number of hydrogen-bond donors (Lipinski definition) is 1. The molecule has 0 bridgehead atoms. The van der Waals surface area contributed by atoms with Crippen LogP contribution >= 0.6 is 0 Å². The van der Waals surface area contributed by atoms with Crippen LogP contribution in [0.5, 0.6) is 0 Å². The van der Waals surface area contributed by atoms with Gasteiger partial charge >= 0.3 is 0 Å². The lowest BCUT2D eigenvalue weighted by Gasteiger charge is -2.30. The number of nitrogens with zero attached hydrogens (tertiary/aromatic N) is 2. The van der Waals surface area contributed by atoms with Gasteiger partial charge in [-0.15, -0.1) is 0 Å². The number of pyridine rings is 1. The molecule has 0 amide bonds. The summed E-state index contributed by atoms with van der Waals surface area (Å²) in [4.78, 5) is 4.06. The van der Waals surface area contributed by atoms with Crippen LogP contribution in [-0.4, -0.2) is 11.5 Å². The number of fused-ring (bicyclic) bond motifs is 1. The second kappa shape index (κ2) is 5.21. The minimum Gasteiger partial charge on any atom is -0.312 e. The summed E-state index contributed by atoms with van der Waals surface area (Å²) >= 11 is 0. The molecule has 3 heteroatoms. The molecule has 1 aromatic carbocycles. The van der Waals surface area contributed by atoms with E-state index in [0.29, 0.717) is 18.2 Å². The lowest BCUT2D eigenvalue weighted by atomic mass is 9.77. The van der Waals surface area contributed by atoms with Crippen LogP contribution in [0, 0.1) is 11.3 Å². The van der Waals surface area contributed by atoms with Gasteiger partial charge in [0.05, 0.1) is 0 Å². The zero-order valence-electron chi connectivity index (χ0n) is 10.6. The zero-order valence-corrected chi connectivity index (χ0v) is 10.6. The molecule has 0 fully saturated rings. The Morgan fingerprint density at radius 3 is 3.00 bits per heavy atom. The Morgan fingerprint density at radius 1 is 1.26 bits per heavy atom. The topological polar surface area (TPSA) is 48.7 Å². The van der Waals surface area contributed by atoms with Crippen molar-refractivity contribution in [2.75, 3.05) is 6.54 Å². The highest BCUT2D eigenvalue weighted by molar-refractivity contribution is 5.40. The van der Waals surface area contributed by atoms with Crippen LogP contribution in [0.2, 0.25) is 0 Å². The number of aromatic nitrogens is 1. The summed E-state index contributed by atoms with van der Waals surface area (Å²) in [5.74, 6) is 0.610. The second-order valence-electron chi connectivity index (χ2n) is 4.85. The van der Waals surface area contributed by atoms with E-state index < -0.39 is 0 Å². The van der Waals surface area contributed by atoms with E-state index in [0.717, 1.165) is 18.5 Å². The van der Waals surface area contributed by atoms with Crippen molar-refractivity contribution in [1.29, 1.82) is 5.26 Å². The quantitative estimate of drug-likeness (QED) is 0.905. The van der Waals surface area contributed by atoms with Crippen LogP contribution in [0.1, 0.15) is 28.3 Å². The molecule has 94 valence electrons. The first-order chi connectivity index (χ1) is 9.38. The fraction of sp³-hybridized carbons (Fsp3) is 0.250. The van der Waals surface area contributed by atoms with Gasteiger partial charge in [0, 0.05) is 30.8 Å². The fourth-order valence-corrected chi connectivity index (χ4v) is 2.61. The van der Waals surface area contributed by atoms with E-state index in [1.165, 1.54) is 11.1 Å². The van der Waals surface area contributed by atoms with Gasteiger partial charge in [-0.2, -0.15) is 5.26 Å². The van der Waals surface area contributed by atoms with Crippen molar-refractivity contribution in [1.82, 2.24) is 10.3 Å². The number of nitriles is 1. The normalized spacial score (nSPS) is 16.3. The summed E-state index contributed by atoms with van der Waals surface area (Å²) in [6, 6.07) is 14.5. The van der Waals surface area contributed by atoms with Gasteiger partial charge in [0.15, 0.2) is 0 Å². The van der Waals surface area contributed by atoms with Crippen molar-refractivity contribution in [3.05, 3.63) is 65.0 Å². The van der Waals surface area contributed by atoms with E-state index in [1.807, 2.05) is 12.1 Å². The minimum absolute atomic E-state index is 0.518. The molecule has 0 saturated carbocycles. The van der Waals surface area contributed by atoms with E-state index >= 15 is 0 Å². The van der Waals surface area contributed by atoms with Gasteiger partial charge in [-0.3, -0.25) is 0 Å². The van der Waals surface area contributed by atoms with Crippen LogP contribution in [0.3, 0.4) is 0 Å². The highest BCUT2D eigenvalue weighted by Gasteiger charge is 2.24. The van der Waals surface area contributed by atoms with Gasteiger partial charge in [-0.05, 0) is 23.6 Å². The average molecular weight is 249 g/mol. The van der Waals surface area contributed by atoms with E-state index in [9.17, 15) is 0 Å². The third kappa shape index (κ3) is 2.35. The molecule has 2 aromatic rings. The molecule has 0 spiro atoms. The molecule has 19 heavy (non-hydrogen) atoms. The molecule has 1 N–H and O–H groups in total. The third-order valence-electron chi connectivity index (χ3n) is 3.66. The molecule has 1 aliphatic rings. The molecule has 1 aliphatic carbocycles. The van der Waals surface area contributed by atoms with Crippen molar-refractivity contribution < 1.29 is 0 Å². The summed E-state index contributed by atoms with van der Waals surface area (Å²) < 4.78 is 0. The van der Waals surface area contributed by atoms with Crippen molar-refractivity contribution in [2.24, 2.45) is 0 Å². The zero-order chi connectivity index (χ0) is 13.1. The summed E-state index contributed by atoms with van der Waals surface area (Å²) in [5.41, 5.74) is 4.41. The largest absolute Gasteiger partial charge is 0.312 e. The molecule has 1 atom stereocenters. The molecular formula is C16H15N3. The predicted molar refractivity (Wildman–Crippen MR) is 73.5 cm³/mol. The van der Waals surface area contributed by atoms with E-state index in [2.05, 4.69) is 40.6 Å². The first kappa shape index (κ1) is 11.9. The maximum absolute atomic E-state index is 8.97. The minimum atomic E-state index is 0.518. The molecule has 0 aliphatic heterocycles. The smallest absolute Gasteiger partial charge is 0.144 e. The first-order valence-corrected chi connectivity index (χ1v) is 6.51. The number of nitrogens with one attached hydrogen (secondary N) is 1. The summed E-state index contributed by atoms with van der Waals surface area (Å²) in [7, 11) is 0. The second-order valence-corrected chi connectivity index (χ2v) is 4.85. The first-order valence-electron chi connectivity index (χ1n) is 6.51. The Bertz CT molecular complexity index is 628. The lowest BCUT2D eigenvalue weighted by molar-refractivity contribution is 0.535. The Hall–Kier alpha value is -2.18. The van der Waals surface area contributed by atoms with Crippen molar-refractivity contribution in [3.63, 3.8) is 0 Å². The van der Waals surface area contributed by atoms with Crippen LogP contribution in [0.15, 0.2) is 42.6 Å². The Kier molecular flexibility index (Phi) is 3.26. The van der Waals surface area contributed by atoms with E-state index in [4.69, 9.17) is 5.26 Å². The average Bonchev–Trinajstić information content (AvgIpc) is 2.44. The fourth-order valence-electron chi connectivity index (χ4n) is 2.61. The molecule has 3 nitrogen and oxygen atoms in total. The van der Waals surface area contributed by atoms with Gasteiger partial charge in [-0.25, -0.2) is 4.98 Å². The molecule has 1 heterocycles.